The average Bonchev–Trinajstić information content (AvgIpc) is 2.49. The minimum Gasteiger partial charge on any atom is -0.347 e. The van der Waals surface area contributed by atoms with Gasteiger partial charge in [0.25, 0.3) is 0 Å². The van der Waals surface area contributed by atoms with E-state index in [0.29, 0.717) is 0 Å². The maximum atomic E-state index is 5.89. The Kier molecular flexibility index (Phi) is 4.06. The first-order chi connectivity index (χ1) is 9.33. The summed E-state index contributed by atoms with van der Waals surface area (Å²) in [4.78, 5) is 2.29. The standard InChI is InChI=1S/C13H15ClN4S/c14-11-3-1-10(2-4-11)12-9-19-13(17-16-12)18-7-5-15-6-8-18/h1-4,15H,5-9H2. The minimum absolute atomic E-state index is 0.748. The van der Waals surface area contributed by atoms with E-state index in [1.165, 1.54) is 0 Å². The maximum Gasteiger partial charge on any atom is 0.186 e. The van der Waals surface area contributed by atoms with Crippen molar-refractivity contribution >= 4 is 34.2 Å². The van der Waals surface area contributed by atoms with E-state index in [-0.39, 0.29) is 0 Å². The summed E-state index contributed by atoms with van der Waals surface area (Å²) >= 11 is 7.65. The predicted octanol–water partition coefficient (Wildman–Crippen LogP) is 2.05. The SMILES string of the molecule is Clc1ccc(C2=NN=C(N3CCNCC3)SC2)cc1. The Morgan fingerprint density at radius 1 is 1.11 bits per heavy atom. The molecule has 0 amide bonds. The van der Waals surface area contributed by atoms with Crippen LogP contribution in [-0.2, 0) is 0 Å². The Balaban J connectivity index is 1.74. The van der Waals surface area contributed by atoms with Crippen LogP contribution in [0.4, 0.5) is 0 Å². The zero-order valence-electron chi connectivity index (χ0n) is 10.5. The molecule has 6 heteroatoms. The lowest BCUT2D eigenvalue weighted by atomic mass is 10.1. The van der Waals surface area contributed by atoms with Crippen LogP contribution < -0.4 is 5.32 Å². The molecule has 100 valence electrons. The molecule has 1 aromatic carbocycles. The first-order valence-electron chi connectivity index (χ1n) is 6.32. The van der Waals surface area contributed by atoms with Crippen LogP contribution in [0.25, 0.3) is 0 Å². The van der Waals surface area contributed by atoms with Gasteiger partial charge in [0.15, 0.2) is 5.17 Å². The molecule has 1 fully saturated rings. The zero-order chi connectivity index (χ0) is 13.1. The lowest BCUT2D eigenvalue weighted by Gasteiger charge is -2.30. The molecule has 0 spiro atoms. The van der Waals surface area contributed by atoms with Crippen LogP contribution in [0.3, 0.4) is 0 Å². The molecular formula is C13H15ClN4S. The number of hydrogen-bond donors (Lipinski definition) is 1. The van der Waals surface area contributed by atoms with E-state index in [2.05, 4.69) is 20.4 Å². The number of thioether (sulfide) groups is 1. The molecule has 2 aliphatic heterocycles. The van der Waals surface area contributed by atoms with Crippen molar-refractivity contribution < 1.29 is 0 Å². The Bertz CT molecular complexity index is 506. The first-order valence-corrected chi connectivity index (χ1v) is 7.68. The lowest BCUT2D eigenvalue weighted by molar-refractivity contribution is 0.362. The van der Waals surface area contributed by atoms with Crippen LogP contribution in [0.1, 0.15) is 5.56 Å². The van der Waals surface area contributed by atoms with E-state index in [4.69, 9.17) is 11.6 Å². The summed E-state index contributed by atoms with van der Waals surface area (Å²) < 4.78 is 0. The molecular weight excluding hydrogens is 280 g/mol. The van der Waals surface area contributed by atoms with E-state index in [1.807, 2.05) is 24.3 Å². The van der Waals surface area contributed by atoms with Gasteiger partial charge in [-0.3, -0.25) is 0 Å². The highest BCUT2D eigenvalue weighted by atomic mass is 35.5. The van der Waals surface area contributed by atoms with E-state index < -0.39 is 0 Å². The van der Waals surface area contributed by atoms with Crippen molar-refractivity contribution in [3.63, 3.8) is 0 Å². The Morgan fingerprint density at radius 2 is 1.84 bits per heavy atom. The lowest BCUT2D eigenvalue weighted by Crippen LogP contribution is -2.46. The molecule has 0 atom stereocenters. The van der Waals surface area contributed by atoms with E-state index in [0.717, 1.165) is 53.4 Å². The van der Waals surface area contributed by atoms with Crippen molar-refractivity contribution in [2.75, 3.05) is 31.9 Å². The Labute approximate surface area is 121 Å². The van der Waals surface area contributed by atoms with Crippen molar-refractivity contribution in [2.24, 2.45) is 10.2 Å². The van der Waals surface area contributed by atoms with Gasteiger partial charge in [0.1, 0.15) is 0 Å². The fraction of sp³-hybridized carbons (Fsp3) is 0.385. The third kappa shape index (κ3) is 3.11. The smallest absolute Gasteiger partial charge is 0.186 e. The fourth-order valence-electron chi connectivity index (χ4n) is 2.09. The van der Waals surface area contributed by atoms with Gasteiger partial charge in [-0.15, -0.1) is 5.10 Å². The number of benzene rings is 1. The monoisotopic (exact) mass is 294 g/mol. The Morgan fingerprint density at radius 3 is 2.47 bits per heavy atom. The number of hydrogen-bond acceptors (Lipinski definition) is 5. The molecule has 0 radical (unpaired) electrons. The minimum atomic E-state index is 0.748. The number of nitrogens with one attached hydrogen (secondary N) is 1. The third-order valence-electron chi connectivity index (χ3n) is 3.16. The van der Waals surface area contributed by atoms with E-state index >= 15 is 0 Å². The predicted molar refractivity (Wildman–Crippen MR) is 82.3 cm³/mol. The molecule has 1 N–H and O–H groups in total. The van der Waals surface area contributed by atoms with Crippen molar-refractivity contribution in [3.8, 4) is 0 Å². The number of piperazine rings is 1. The molecule has 0 bridgehead atoms. The van der Waals surface area contributed by atoms with Crippen LogP contribution >= 0.6 is 23.4 Å². The fourth-order valence-corrected chi connectivity index (χ4v) is 3.17. The van der Waals surface area contributed by atoms with Gasteiger partial charge >= 0.3 is 0 Å². The molecule has 0 unspecified atom stereocenters. The van der Waals surface area contributed by atoms with Crippen LogP contribution in [0.15, 0.2) is 34.5 Å². The quantitative estimate of drug-likeness (QED) is 0.862. The normalized spacial score (nSPS) is 19.9. The van der Waals surface area contributed by atoms with Crippen molar-refractivity contribution in [2.45, 2.75) is 0 Å². The van der Waals surface area contributed by atoms with E-state index in [1.54, 1.807) is 11.8 Å². The first kappa shape index (κ1) is 13.0. The molecule has 1 saturated heterocycles. The molecule has 3 rings (SSSR count). The number of halogens is 1. The summed E-state index contributed by atoms with van der Waals surface area (Å²) in [7, 11) is 0. The molecule has 4 nitrogen and oxygen atoms in total. The topological polar surface area (TPSA) is 40.0 Å². The summed E-state index contributed by atoms with van der Waals surface area (Å²) in [5.74, 6) is 0.865. The number of nitrogens with zero attached hydrogens (tertiary/aromatic N) is 3. The molecule has 1 aromatic rings. The van der Waals surface area contributed by atoms with Gasteiger partial charge in [0.2, 0.25) is 0 Å². The molecule has 0 aromatic heterocycles. The highest BCUT2D eigenvalue weighted by Crippen LogP contribution is 2.19. The summed E-state index contributed by atoms with van der Waals surface area (Å²) in [5, 5.41) is 13.9. The van der Waals surface area contributed by atoms with Crippen molar-refractivity contribution in [1.82, 2.24) is 10.2 Å². The van der Waals surface area contributed by atoms with Crippen LogP contribution in [0.2, 0.25) is 5.02 Å². The summed E-state index contributed by atoms with van der Waals surface area (Å²) in [6.07, 6.45) is 0. The van der Waals surface area contributed by atoms with Crippen LogP contribution in [0, 0.1) is 0 Å². The van der Waals surface area contributed by atoms with E-state index in [9.17, 15) is 0 Å². The van der Waals surface area contributed by atoms with Gasteiger partial charge < -0.3 is 10.2 Å². The number of rotatable bonds is 1. The molecule has 19 heavy (non-hydrogen) atoms. The third-order valence-corrected chi connectivity index (χ3v) is 4.43. The molecule has 0 saturated carbocycles. The van der Waals surface area contributed by atoms with Crippen molar-refractivity contribution in [3.05, 3.63) is 34.9 Å². The second kappa shape index (κ2) is 5.94. The number of amidine groups is 1. The van der Waals surface area contributed by atoms with Gasteiger partial charge in [0, 0.05) is 37.0 Å². The average molecular weight is 295 g/mol. The second-order valence-corrected chi connectivity index (χ2v) is 5.84. The second-order valence-electron chi connectivity index (χ2n) is 4.46. The van der Waals surface area contributed by atoms with Gasteiger partial charge in [-0.2, -0.15) is 5.10 Å². The molecule has 2 aliphatic rings. The van der Waals surface area contributed by atoms with Gasteiger partial charge in [-0.1, -0.05) is 35.5 Å². The van der Waals surface area contributed by atoms with Gasteiger partial charge in [-0.05, 0) is 17.7 Å². The zero-order valence-corrected chi connectivity index (χ0v) is 12.0. The van der Waals surface area contributed by atoms with Gasteiger partial charge in [-0.25, -0.2) is 0 Å². The van der Waals surface area contributed by atoms with Gasteiger partial charge in [0.05, 0.1) is 5.71 Å². The maximum absolute atomic E-state index is 5.89. The van der Waals surface area contributed by atoms with Crippen LogP contribution in [0.5, 0.6) is 0 Å². The summed E-state index contributed by atoms with van der Waals surface area (Å²) in [5.41, 5.74) is 2.11. The van der Waals surface area contributed by atoms with Crippen molar-refractivity contribution in [1.29, 1.82) is 0 Å². The molecule has 2 heterocycles. The van der Waals surface area contributed by atoms with Crippen LogP contribution in [-0.4, -0.2) is 47.7 Å². The summed E-state index contributed by atoms with van der Waals surface area (Å²) in [6, 6.07) is 7.76. The molecule has 0 aliphatic carbocycles. The highest BCUT2D eigenvalue weighted by Gasteiger charge is 2.19. The Hall–Kier alpha value is -1.04. The highest BCUT2D eigenvalue weighted by molar-refractivity contribution is 8.14. The largest absolute Gasteiger partial charge is 0.347 e. The summed E-state index contributed by atoms with van der Waals surface area (Å²) in [6.45, 7) is 4.07.